The molecule has 0 saturated heterocycles. The molecule has 2 N–H and O–H groups in total. The van der Waals surface area contributed by atoms with Crippen LogP contribution in [0.3, 0.4) is 0 Å². The van der Waals surface area contributed by atoms with Crippen molar-refractivity contribution in [1.82, 2.24) is 10.9 Å². The molecule has 0 aromatic heterocycles. The van der Waals surface area contributed by atoms with E-state index in [0.29, 0.717) is 34.4 Å². The number of nitrogens with one attached hydrogen (secondary N) is 2. The van der Waals surface area contributed by atoms with E-state index in [-0.39, 0.29) is 0 Å². The molecule has 138 valence electrons. The van der Waals surface area contributed by atoms with E-state index < -0.39 is 11.8 Å². The first-order valence-corrected chi connectivity index (χ1v) is 9.32. The Morgan fingerprint density at radius 2 is 1.73 bits per heavy atom. The molecule has 0 bridgehead atoms. The van der Waals surface area contributed by atoms with Gasteiger partial charge in [-0.05, 0) is 54.8 Å². The van der Waals surface area contributed by atoms with Crippen molar-refractivity contribution in [1.29, 1.82) is 0 Å². The van der Waals surface area contributed by atoms with Crippen molar-refractivity contribution in [3.8, 4) is 5.75 Å². The minimum atomic E-state index is -0.465. The number of hydrogen-bond donors (Lipinski definition) is 2. The van der Waals surface area contributed by atoms with Gasteiger partial charge in [-0.25, -0.2) is 0 Å². The summed E-state index contributed by atoms with van der Waals surface area (Å²) >= 11 is 9.14. The van der Waals surface area contributed by atoms with Crippen LogP contribution < -0.4 is 15.6 Å². The summed E-state index contributed by atoms with van der Waals surface area (Å²) in [7, 11) is 0. The number of benzene rings is 2. The normalized spacial score (nSPS) is 10.5. The molecule has 0 atom stereocenters. The van der Waals surface area contributed by atoms with Gasteiger partial charge >= 0.3 is 0 Å². The van der Waals surface area contributed by atoms with Crippen molar-refractivity contribution in [2.24, 2.45) is 5.92 Å². The van der Waals surface area contributed by atoms with Gasteiger partial charge in [0.05, 0.1) is 12.2 Å². The quantitative estimate of drug-likeness (QED) is 0.646. The second-order valence-electron chi connectivity index (χ2n) is 6.09. The number of hydrogen-bond acceptors (Lipinski definition) is 3. The Hall–Kier alpha value is -2.05. The molecule has 26 heavy (non-hydrogen) atoms. The average Bonchev–Trinajstić information content (AvgIpc) is 2.61. The van der Waals surface area contributed by atoms with Crippen LogP contribution in [0.1, 0.15) is 41.0 Å². The lowest BCUT2D eigenvalue weighted by atomic mass is 10.1. The lowest BCUT2D eigenvalue weighted by Gasteiger charge is -2.13. The van der Waals surface area contributed by atoms with Crippen LogP contribution >= 0.6 is 27.5 Å². The van der Waals surface area contributed by atoms with Gasteiger partial charge in [-0.15, -0.1) is 0 Å². The summed E-state index contributed by atoms with van der Waals surface area (Å²) in [6.07, 6.45) is 0.879. The predicted molar refractivity (Wildman–Crippen MR) is 105 cm³/mol. The van der Waals surface area contributed by atoms with Gasteiger partial charge in [-0.3, -0.25) is 20.4 Å². The van der Waals surface area contributed by atoms with E-state index >= 15 is 0 Å². The first-order valence-electron chi connectivity index (χ1n) is 8.15. The number of amides is 2. The highest BCUT2D eigenvalue weighted by Gasteiger charge is 2.15. The Labute approximate surface area is 166 Å². The highest BCUT2D eigenvalue weighted by atomic mass is 79.9. The fourth-order valence-electron chi connectivity index (χ4n) is 2.06. The van der Waals surface area contributed by atoms with Crippen molar-refractivity contribution < 1.29 is 14.3 Å². The molecule has 2 aromatic carbocycles. The Morgan fingerprint density at radius 1 is 1.08 bits per heavy atom. The molecule has 0 heterocycles. The largest absolute Gasteiger partial charge is 0.493 e. The molecule has 2 amide bonds. The molecule has 0 aliphatic carbocycles. The SMILES string of the molecule is CC(C)CCOc1ccc(Br)cc1C(=O)NNC(=O)c1ccc(Cl)cc1. The number of carbonyl (C=O) groups is 2. The van der Waals surface area contributed by atoms with E-state index in [0.717, 1.165) is 10.9 Å². The molecule has 0 unspecified atom stereocenters. The molecule has 0 aliphatic heterocycles. The van der Waals surface area contributed by atoms with Crippen molar-refractivity contribution in [2.75, 3.05) is 6.61 Å². The van der Waals surface area contributed by atoms with Gasteiger partial charge in [0.25, 0.3) is 11.8 Å². The summed E-state index contributed by atoms with van der Waals surface area (Å²) in [5, 5.41) is 0.530. The van der Waals surface area contributed by atoms with E-state index in [1.807, 2.05) is 0 Å². The summed E-state index contributed by atoms with van der Waals surface area (Å²) in [4.78, 5) is 24.5. The zero-order valence-electron chi connectivity index (χ0n) is 14.5. The Morgan fingerprint density at radius 3 is 2.38 bits per heavy atom. The third-order valence-corrected chi connectivity index (χ3v) is 4.28. The van der Waals surface area contributed by atoms with Crippen LogP contribution in [-0.2, 0) is 0 Å². The van der Waals surface area contributed by atoms with Crippen LogP contribution in [0.4, 0.5) is 0 Å². The first kappa shape index (κ1) is 20.3. The Balaban J connectivity index is 2.02. The summed E-state index contributed by atoms with van der Waals surface area (Å²) in [5.41, 5.74) is 5.51. The van der Waals surface area contributed by atoms with Crippen molar-refractivity contribution in [2.45, 2.75) is 20.3 Å². The second kappa shape index (κ2) is 9.59. The van der Waals surface area contributed by atoms with E-state index in [1.54, 1.807) is 42.5 Å². The molecular weight excluding hydrogens is 420 g/mol. The number of rotatable bonds is 6. The fourth-order valence-corrected chi connectivity index (χ4v) is 2.55. The molecule has 2 rings (SSSR count). The monoisotopic (exact) mass is 438 g/mol. The third-order valence-electron chi connectivity index (χ3n) is 3.53. The number of ether oxygens (including phenoxy) is 1. The maximum Gasteiger partial charge on any atom is 0.273 e. The van der Waals surface area contributed by atoms with Gasteiger partial charge < -0.3 is 4.74 Å². The van der Waals surface area contributed by atoms with Crippen LogP contribution in [0.25, 0.3) is 0 Å². The first-order chi connectivity index (χ1) is 12.4. The number of hydrazine groups is 1. The van der Waals surface area contributed by atoms with E-state index in [9.17, 15) is 9.59 Å². The highest BCUT2D eigenvalue weighted by Crippen LogP contribution is 2.23. The zero-order valence-corrected chi connectivity index (χ0v) is 16.9. The summed E-state index contributed by atoms with van der Waals surface area (Å²) in [5.74, 6) is 0.0638. The molecule has 0 aliphatic rings. The maximum absolute atomic E-state index is 12.5. The number of halogens is 2. The second-order valence-corrected chi connectivity index (χ2v) is 7.44. The smallest absolute Gasteiger partial charge is 0.273 e. The Bertz CT molecular complexity index is 779. The molecule has 2 aromatic rings. The van der Waals surface area contributed by atoms with Gasteiger partial charge in [-0.2, -0.15) is 0 Å². The van der Waals surface area contributed by atoms with E-state index in [1.165, 1.54) is 0 Å². The topological polar surface area (TPSA) is 67.4 Å². The molecule has 0 fully saturated rings. The molecule has 0 spiro atoms. The molecule has 5 nitrogen and oxygen atoms in total. The summed E-state index contributed by atoms with van der Waals surface area (Å²) < 4.78 is 6.46. The van der Waals surface area contributed by atoms with Crippen LogP contribution in [0.5, 0.6) is 5.75 Å². The fraction of sp³-hybridized carbons (Fsp3) is 0.263. The predicted octanol–water partition coefficient (Wildman–Crippen LogP) is 4.60. The van der Waals surface area contributed by atoms with Gasteiger partial charge in [0.15, 0.2) is 0 Å². The van der Waals surface area contributed by atoms with Gasteiger partial charge in [0.2, 0.25) is 0 Å². The molecule has 7 heteroatoms. The van der Waals surface area contributed by atoms with E-state index in [2.05, 4.69) is 40.6 Å². The summed E-state index contributed by atoms with van der Waals surface area (Å²) in [6.45, 7) is 4.71. The van der Waals surface area contributed by atoms with Crippen molar-refractivity contribution in [3.63, 3.8) is 0 Å². The third kappa shape index (κ3) is 6.04. The average molecular weight is 440 g/mol. The van der Waals surface area contributed by atoms with Gasteiger partial charge in [-0.1, -0.05) is 41.4 Å². The summed E-state index contributed by atoms with van der Waals surface area (Å²) in [6, 6.07) is 11.5. The molecule has 0 saturated carbocycles. The molecule has 0 radical (unpaired) electrons. The van der Waals surface area contributed by atoms with Crippen molar-refractivity contribution >= 4 is 39.3 Å². The lowest BCUT2D eigenvalue weighted by molar-refractivity contribution is 0.0844. The Kier molecular flexibility index (Phi) is 7.48. The molecular formula is C19H20BrClN2O3. The van der Waals surface area contributed by atoms with Gasteiger partial charge in [0.1, 0.15) is 5.75 Å². The van der Waals surface area contributed by atoms with Crippen LogP contribution in [0.15, 0.2) is 46.9 Å². The minimum absolute atomic E-state index is 0.333. The van der Waals surface area contributed by atoms with E-state index in [4.69, 9.17) is 16.3 Å². The zero-order chi connectivity index (χ0) is 19.1. The number of carbonyl (C=O) groups excluding carboxylic acids is 2. The van der Waals surface area contributed by atoms with Crippen LogP contribution in [-0.4, -0.2) is 18.4 Å². The standard InChI is InChI=1S/C19H20BrClN2O3/c1-12(2)9-10-26-17-8-5-14(20)11-16(17)19(25)23-22-18(24)13-3-6-15(21)7-4-13/h3-8,11-12H,9-10H2,1-2H3,(H,22,24)(H,23,25). The van der Waals surface area contributed by atoms with Gasteiger partial charge in [0, 0.05) is 15.1 Å². The maximum atomic E-state index is 12.5. The minimum Gasteiger partial charge on any atom is -0.493 e. The van der Waals surface area contributed by atoms with Crippen LogP contribution in [0.2, 0.25) is 5.02 Å². The lowest BCUT2D eigenvalue weighted by Crippen LogP contribution is -2.41. The highest BCUT2D eigenvalue weighted by molar-refractivity contribution is 9.10. The van der Waals surface area contributed by atoms with Crippen molar-refractivity contribution in [3.05, 3.63) is 63.1 Å². The van der Waals surface area contributed by atoms with Crippen LogP contribution in [0, 0.1) is 5.92 Å².